The number of benzene rings is 8. The number of hydrogen-bond donors (Lipinski definition) is 0. The second-order valence-corrected chi connectivity index (χ2v) is 12.7. The van der Waals surface area contributed by atoms with Gasteiger partial charge in [0.15, 0.2) is 0 Å². The van der Waals surface area contributed by atoms with Crippen molar-refractivity contribution >= 4 is 81.7 Å². The molecule has 0 saturated heterocycles. The molecule has 0 atom stereocenters. The molecular weight excluding hydrogens is 583 g/mol. The molecule has 0 N–H and O–H groups in total. The summed E-state index contributed by atoms with van der Waals surface area (Å²) in [5.74, 6) is 0. The van der Waals surface area contributed by atoms with Gasteiger partial charge >= 0.3 is 0 Å². The Hall–Kier alpha value is -6.45. The first-order valence-corrected chi connectivity index (χ1v) is 16.5. The Balaban J connectivity index is 1.18. The molecule has 0 unspecified atom stereocenters. The van der Waals surface area contributed by atoms with E-state index in [9.17, 15) is 0 Å². The van der Waals surface area contributed by atoms with Crippen molar-refractivity contribution in [2.24, 2.45) is 0 Å². The van der Waals surface area contributed by atoms with Crippen molar-refractivity contribution in [3.8, 4) is 16.8 Å². The minimum atomic E-state index is 1.00. The highest BCUT2D eigenvalue weighted by Gasteiger charge is 2.19. The SMILES string of the molecule is c1ccc2c(c1)ccc1c2c2ccccc2n1-c1ccc(-c2cc3c4ccccc4n4c5ccccc5nc4c3c3ccccc23)cc1. The lowest BCUT2D eigenvalue weighted by Gasteiger charge is -2.15. The van der Waals surface area contributed by atoms with E-state index in [0.717, 1.165) is 22.4 Å². The Kier molecular flexibility index (Phi) is 5.11. The molecule has 3 heterocycles. The van der Waals surface area contributed by atoms with E-state index >= 15 is 0 Å². The standard InChI is InChI=1S/C45H27N3/c1-2-12-31-28(11-1)23-26-42-43(31)35-16-6-9-19-40(35)47(42)30-24-21-29(22-25-30)36-27-37-33-14-5-8-18-39(33)48-41-20-10-7-17-38(41)46-45(48)44(37)34-15-4-3-13-32(34)36/h1-27H. The molecule has 3 aromatic heterocycles. The van der Waals surface area contributed by atoms with Crippen LogP contribution in [-0.4, -0.2) is 14.0 Å². The topological polar surface area (TPSA) is 22.2 Å². The average Bonchev–Trinajstić information content (AvgIpc) is 3.71. The monoisotopic (exact) mass is 609 g/mol. The average molecular weight is 610 g/mol. The molecule has 0 bridgehead atoms. The minimum absolute atomic E-state index is 1.00. The third-order valence-electron chi connectivity index (χ3n) is 10.3. The van der Waals surface area contributed by atoms with Crippen molar-refractivity contribution in [3.63, 3.8) is 0 Å². The first-order valence-electron chi connectivity index (χ1n) is 16.5. The summed E-state index contributed by atoms with van der Waals surface area (Å²) in [7, 11) is 0. The second-order valence-electron chi connectivity index (χ2n) is 12.7. The van der Waals surface area contributed by atoms with Gasteiger partial charge in [-0.1, -0.05) is 115 Å². The van der Waals surface area contributed by atoms with Crippen LogP contribution >= 0.6 is 0 Å². The molecular formula is C45H27N3. The van der Waals surface area contributed by atoms with Crippen molar-refractivity contribution < 1.29 is 0 Å². The van der Waals surface area contributed by atoms with Crippen LogP contribution in [0.25, 0.3) is 98.5 Å². The van der Waals surface area contributed by atoms with Gasteiger partial charge in [-0.25, -0.2) is 4.98 Å². The molecule has 3 nitrogen and oxygen atoms in total. The molecule has 0 fully saturated rings. The molecule has 3 heteroatoms. The zero-order valence-electron chi connectivity index (χ0n) is 25.9. The van der Waals surface area contributed by atoms with Gasteiger partial charge in [-0.15, -0.1) is 0 Å². The summed E-state index contributed by atoms with van der Waals surface area (Å²) in [4.78, 5) is 5.21. The number of rotatable bonds is 2. The van der Waals surface area contributed by atoms with Gasteiger partial charge in [-0.3, -0.25) is 4.40 Å². The number of fused-ring (bicyclic) bond motifs is 15. The Morgan fingerprint density at radius 3 is 1.88 bits per heavy atom. The largest absolute Gasteiger partial charge is 0.309 e. The van der Waals surface area contributed by atoms with Gasteiger partial charge in [0, 0.05) is 27.2 Å². The van der Waals surface area contributed by atoms with E-state index in [2.05, 4.69) is 173 Å². The first kappa shape index (κ1) is 25.7. The fourth-order valence-electron chi connectivity index (χ4n) is 8.21. The van der Waals surface area contributed by atoms with Crippen LogP contribution in [0, 0.1) is 0 Å². The zero-order valence-corrected chi connectivity index (χ0v) is 25.9. The molecule has 0 aliphatic rings. The van der Waals surface area contributed by atoms with Crippen LogP contribution in [0.15, 0.2) is 164 Å². The molecule has 0 aliphatic heterocycles. The summed E-state index contributed by atoms with van der Waals surface area (Å²) in [6, 6.07) is 59.5. The predicted octanol–water partition coefficient (Wildman–Crippen LogP) is 11.9. The number of nitrogens with zero attached hydrogens (tertiary/aromatic N) is 3. The predicted molar refractivity (Wildman–Crippen MR) is 202 cm³/mol. The van der Waals surface area contributed by atoms with Gasteiger partial charge in [0.05, 0.1) is 27.6 Å². The molecule has 8 aromatic carbocycles. The molecule has 0 spiro atoms. The molecule has 0 saturated carbocycles. The zero-order chi connectivity index (χ0) is 31.3. The van der Waals surface area contributed by atoms with Gasteiger partial charge in [-0.05, 0) is 86.6 Å². The molecule has 0 aliphatic carbocycles. The summed E-state index contributed by atoms with van der Waals surface area (Å²) in [5, 5.41) is 11.2. The smallest absolute Gasteiger partial charge is 0.147 e. The van der Waals surface area contributed by atoms with E-state index < -0.39 is 0 Å². The van der Waals surface area contributed by atoms with Crippen molar-refractivity contribution in [2.45, 2.75) is 0 Å². The number of imidazole rings is 1. The molecule has 0 radical (unpaired) electrons. The van der Waals surface area contributed by atoms with Crippen LogP contribution < -0.4 is 0 Å². The fourth-order valence-corrected chi connectivity index (χ4v) is 8.21. The lowest BCUT2D eigenvalue weighted by Crippen LogP contribution is -1.95. The third-order valence-corrected chi connectivity index (χ3v) is 10.3. The highest BCUT2D eigenvalue weighted by molar-refractivity contribution is 6.26. The maximum absolute atomic E-state index is 5.21. The van der Waals surface area contributed by atoms with Gasteiger partial charge in [0.25, 0.3) is 0 Å². The first-order chi connectivity index (χ1) is 23.8. The number of aromatic nitrogens is 3. The highest BCUT2D eigenvalue weighted by atomic mass is 15.0. The maximum Gasteiger partial charge on any atom is 0.147 e. The van der Waals surface area contributed by atoms with Crippen LogP contribution in [0.5, 0.6) is 0 Å². The van der Waals surface area contributed by atoms with Crippen molar-refractivity contribution in [2.75, 3.05) is 0 Å². The lowest BCUT2D eigenvalue weighted by molar-refractivity contribution is 1.18. The Labute approximate surface area is 275 Å². The van der Waals surface area contributed by atoms with E-state index in [1.54, 1.807) is 0 Å². The van der Waals surface area contributed by atoms with E-state index in [0.29, 0.717) is 0 Å². The van der Waals surface area contributed by atoms with Crippen LogP contribution in [0.4, 0.5) is 0 Å². The summed E-state index contributed by atoms with van der Waals surface area (Å²) in [6.45, 7) is 0. The quantitative estimate of drug-likeness (QED) is 0.179. The normalized spacial score (nSPS) is 12.2. The van der Waals surface area contributed by atoms with Crippen LogP contribution in [-0.2, 0) is 0 Å². The van der Waals surface area contributed by atoms with Crippen LogP contribution in [0.2, 0.25) is 0 Å². The van der Waals surface area contributed by atoms with E-state index in [1.165, 1.54) is 76.2 Å². The van der Waals surface area contributed by atoms with Crippen LogP contribution in [0.3, 0.4) is 0 Å². The van der Waals surface area contributed by atoms with E-state index in [1.807, 2.05) is 0 Å². The molecule has 11 rings (SSSR count). The number of hydrogen-bond acceptors (Lipinski definition) is 1. The minimum Gasteiger partial charge on any atom is -0.309 e. The third kappa shape index (κ3) is 3.40. The lowest BCUT2D eigenvalue weighted by atomic mass is 9.92. The summed E-state index contributed by atoms with van der Waals surface area (Å²) >= 11 is 0. The van der Waals surface area contributed by atoms with Gasteiger partial charge in [0.1, 0.15) is 5.65 Å². The second kappa shape index (κ2) is 9.54. The molecule has 11 aromatic rings. The van der Waals surface area contributed by atoms with Crippen LogP contribution in [0.1, 0.15) is 0 Å². The summed E-state index contributed by atoms with van der Waals surface area (Å²) in [5.41, 5.74) is 10.3. The highest BCUT2D eigenvalue weighted by Crippen LogP contribution is 2.42. The fraction of sp³-hybridized carbons (Fsp3) is 0. The Bertz CT molecular complexity index is 3110. The number of pyridine rings is 1. The van der Waals surface area contributed by atoms with Crippen molar-refractivity contribution in [1.29, 1.82) is 0 Å². The number of para-hydroxylation sites is 4. The van der Waals surface area contributed by atoms with Crippen molar-refractivity contribution in [3.05, 3.63) is 164 Å². The molecule has 0 amide bonds. The van der Waals surface area contributed by atoms with Gasteiger partial charge in [-0.2, -0.15) is 0 Å². The van der Waals surface area contributed by atoms with E-state index in [-0.39, 0.29) is 0 Å². The Morgan fingerprint density at radius 2 is 1.04 bits per heavy atom. The maximum atomic E-state index is 5.21. The molecule has 48 heavy (non-hydrogen) atoms. The van der Waals surface area contributed by atoms with E-state index in [4.69, 9.17) is 4.98 Å². The molecule has 222 valence electrons. The van der Waals surface area contributed by atoms with Crippen molar-refractivity contribution in [1.82, 2.24) is 14.0 Å². The van der Waals surface area contributed by atoms with Gasteiger partial charge < -0.3 is 4.57 Å². The Morgan fingerprint density at radius 1 is 0.396 bits per heavy atom. The van der Waals surface area contributed by atoms with Gasteiger partial charge in [0.2, 0.25) is 0 Å². The summed E-state index contributed by atoms with van der Waals surface area (Å²) < 4.78 is 4.75. The summed E-state index contributed by atoms with van der Waals surface area (Å²) in [6.07, 6.45) is 0.